The lowest BCUT2D eigenvalue weighted by Gasteiger charge is -2.25. The fourth-order valence-corrected chi connectivity index (χ4v) is 6.77. The summed E-state index contributed by atoms with van der Waals surface area (Å²) in [6, 6.07) is 23.1. The number of hydrogen-bond donors (Lipinski definition) is 1. The summed E-state index contributed by atoms with van der Waals surface area (Å²) in [6.07, 6.45) is 6.19. The van der Waals surface area contributed by atoms with Gasteiger partial charge in [-0.1, -0.05) is 60.9 Å². The summed E-state index contributed by atoms with van der Waals surface area (Å²) in [5, 5.41) is 6.46. The second-order valence-electron chi connectivity index (χ2n) is 11.6. The van der Waals surface area contributed by atoms with Gasteiger partial charge in [0.05, 0.1) is 21.7 Å². The van der Waals surface area contributed by atoms with Crippen LogP contribution in [-0.4, -0.2) is 31.5 Å². The lowest BCUT2D eigenvalue weighted by Crippen LogP contribution is -2.48. The minimum atomic E-state index is -4.01. The maximum Gasteiger partial charge on any atom is 0.277 e. The number of anilines is 1. The monoisotopic (exact) mass is 587 g/mol. The number of nitrogens with one attached hydrogen (secondary N) is 1. The second-order valence-corrected chi connectivity index (χ2v) is 13.3. The molecule has 1 aliphatic heterocycles. The van der Waals surface area contributed by atoms with E-state index in [4.69, 9.17) is 9.84 Å². The van der Waals surface area contributed by atoms with Crippen LogP contribution in [0.3, 0.4) is 0 Å². The third kappa shape index (κ3) is 6.11. The van der Waals surface area contributed by atoms with E-state index in [1.54, 1.807) is 35.3 Å². The van der Waals surface area contributed by atoms with Gasteiger partial charge < -0.3 is 4.74 Å². The average molecular weight is 588 g/mol. The molecule has 1 spiro atoms. The Balaban J connectivity index is 1.19. The zero-order valence-electron chi connectivity index (χ0n) is 24.3. The zero-order chi connectivity index (χ0) is 30.0. The molecule has 1 saturated carbocycles. The molecule has 2 aliphatic rings. The first kappa shape index (κ1) is 29.5. The van der Waals surface area contributed by atoms with Crippen LogP contribution < -0.4 is 14.5 Å². The van der Waals surface area contributed by atoms with Gasteiger partial charge >= 0.3 is 0 Å². The van der Waals surface area contributed by atoms with Gasteiger partial charge in [-0.05, 0) is 94.8 Å². The molecule has 3 aromatic carbocycles. The Kier molecular flexibility index (Phi) is 8.23. The number of carbonyl (C=O) groups is 2. The molecular weight excluding hydrogens is 550 g/mol. The van der Waals surface area contributed by atoms with Gasteiger partial charge in [-0.2, -0.15) is 10.1 Å². The normalized spacial score (nSPS) is 16.5. The topological polar surface area (TPSA) is 105 Å². The maximum atomic E-state index is 13.5. The van der Waals surface area contributed by atoms with Gasteiger partial charge in [0, 0.05) is 0 Å². The lowest BCUT2D eigenvalue weighted by molar-refractivity contribution is -0.132. The Labute approximate surface area is 247 Å². The predicted molar refractivity (Wildman–Crippen MR) is 163 cm³/mol. The molecule has 2 amide bonds. The molecule has 0 atom stereocenters. The van der Waals surface area contributed by atoms with E-state index in [2.05, 4.69) is 4.72 Å². The summed E-state index contributed by atoms with van der Waals surface area (Å²) >= 11 is 0. The van der Waals surface area contributed by atoms with Crippen molar-refractivity contribution in [2.24, 2.45) is 10.5 Å². The number of amides is 2. The molecule has 0 bridgehead atoms. The molecule has 0 aromatic heterocycles. The van der Waals surface area contributed by atoms with Crippen LogP contribution in [0.4, 0.5) is 5.69 Å². The predicted octanol–water partition coefficient (Wildman–Crippen LogP) is 5.94. The molecule has 5 rings (SSSR count). The van der Waals surface area contributed by atoms with Crippen molar-refractivity contribution in [2.45, 2.75) is 76.2 Å². The molecule has 3 aromatic rings. The van der Waals surface area contributed by atoms with Crippen LogP contribution in [0.5, 0.6) is 5.75 Å². The zero-order valence-corrected chi connectivity index (χ0v) is 25.1. The van der Waals surface area contributed by atoms with Crippen LogP contribution in [0.1, 0.15) is 63.5 Å². The van der Waals surface area contributed by atoms with E-state index in [1.807, 2.05) is 43.3 Å². The molecule has 1 N–H and O–H groups in total. The summed E-state index contributed by atoms with van der Waals surface area (Å²) in [5.41, 5.74) is 2.15. The lowest BCUT2D eigenvalue weighted by atomic mass is 9.78. The molecule has 1 fully saturated rings. The number of carbonyl (C=O) groups excluding carboxylic acids is 2. The number of rotatable bonds is 10. The van der Waals surface area contributed by atoms with Crippen LogP contribution in [0.25, 0.3) is 0 Å². The molecule has 1 heterocycles. The third-order valence-electron chi connectivity index (χ3n) is 8.11. The Morgan fingerprint density at radius 1 is 0.952 bits per heavy atom. The molecule has 0 unspecified atom stereocenters. The van der Waals surface area contributed by atoms with E-state index in [1.165, 1.54) is 26.0 Å². The van der Waals surface area contributed by atoms with Crippen LogP contribution in [0.2, 0.25) is 0 Å². The van der Waals surface area contributed by atoms with E-state index >= 15 is 0 Å². The van der Waals surface area contributed by atoms with Crippen molar-refractivity contribution in [1.82, 2.24) is 4.72 Å². The molecule has 220 valence electrons. The third-order valence-corrected chi connectivity index (χ3v) is 9.46. The maximum absolute atomic E-state index is 13.5. The Hall–Kier alpha value is -3.98. The van der Waals surface area contributed by atoms with Crippen LogP contribution in [-0.2, 0) is 26.0 Å². The minimum absolute atomic E-state index is 0.00754. The summed E-state index contributed by atoms with van der Waals surface area (Å²) in [4.78, 5) is 26.3. The smallest absolute Gasteiger partial charge is 0.277 e. The van der Waals surface area contributed by atoms with E-state index in [0.717, 1.165) is 67.5 Å². The van der Waals surface area contributed by atoms with Crippen LogP contribution in [0.15, 0.2) is 88.9 Å². The molecular formula is C33H37N3O5S. The number of benzene rings is 3. The van der Waals surface area contributed by atoms with Crippen molar-refractivity contribution >= 4 is 33.2 Å². The van der Waals surface area contributed by atoms with E-state index in [0.29, 0.717) is 5.75 Å². The number of ether oxygens (including phenoxy) is 1. The summed E-state index contributed by atoms with van der Waals surface area (Å²) in [7, 11) is -4.01. The van der Waals surface area contributed by atoms with Crippen molar-refractivity contribution < 1.29 is 22.7 Å². The Morgan fingerprint density at radius 2 is 1.60 bits per heavy atom. The highest BCUT2D eigenvalue weighted by atomic mass is 32.2. The number of aryl methyl sites for hydroxylation is 2. The quantitative estimate of drug-likeness (QED) is 0.316. The largest absolute Gasteiger partial charge is 0.478 e. The first-order valence-electron chi connectivity index (χ1n) is 14.4. The Morgan fingerprint density at radius 3 is 2.24 bits per heavy atom. The number of nitrogens with zero attached hydrogens (tertiary/aromatic N) is 2. The SMILES string of the molecule is Cc1ccc(N2N=C(CCCc3ccc(OC(C)(C)C(=O)NS(=O)(=O)c4ccccc4)cc3)C3(CCCC3)C2=O)cc1. The van der Waals surface area contributed by atoms with E-state index < -0.39 is 26.9 Å². The first-order chi connectivity index (χ1) is 20.0. The van der Waals surface area contributed by atoms with E-state index in [-0.39, 0.29) is 10.8 Å². The van der Waals surface area contributed by atoms with Gasteiger partial charge in [0.1, 0.15) is 5.75 Å². The fraction of sp³-hybridized carbons (Fsp3) is 0.364. The van der Waals surface area contributed by atoms with Crippen LogP contribution in [0, 0.1) is 12.3 Å². The minimum Gasteiger partial charge on any atom is -0.478 e. The van der Waals surface area contributed by atoms with Crippen LogP contribution >= 0.6 is 0 Å². The van der Waals surface area contributed by atoms with Gasteiger partial charge in [-0.25, -0.2) is 13.1 Å². The molecule has 42 heavy (non-hydrogen) atoms. The van der Waals surface area contributed by atoms with Gasteiger partial charge in [0.15, 0.2) is 5.60 Å². The summed E-state index contributed by atoms with van der Waals surface area (Å²) in [5.74, 6) is -0.202. The van der Waals surface area contributed by atoms with Gasteiger partial charge in [0.25, 0.3) is 21.8 Å². The summed E-state index contributed by atoms with van der Waals surface area (Å²) < 4.78 is 33.1. The molecule has 0 radical (unpaired) electrons. The number of hydrazone groups is 1. The van der Waals surface area contributed by atoms with Gasteiger partial charge in [-0.3, -0.25) is 9.59 Å². The summed E-state index contributed by atoms with van der Waals surface area (Å²) in [6.45, 7) is 5.08. The number of hydrogen-bond acceptors (Lipinski definition) is 6. The van der Waals surface area contributed by atoms with Crippen molar-refractivity contribution in [1.29, 1.82) is 0 Å². The van der Waals surface area contributed by atoms with Crippen molar-refractivity contribution in [3.8, 4) is 5.75 Å². The first-order valence-corrected chi connectivity index (χ1v) is 15.9. The number of sulfonamides is 1. The molecule has 9 heteroatoms. The molecule has 1 aliphatic carbocycles. The Bertz CT molecular complexity index is 1570. The van der Waals surface area contributed by atoms with Crippen molar-refractivity contribution in [3.63, 3.8) is 0 Å². The van der Waals surface area contributed by atoms with E-state index in [9.17, 15) is 18.0 Å². The van der Waals surface area contributed by atoms with Crippen molar-refractivity contribution in [3.05, 3.63) is 90.0 Å². The molecule has 8 nitrogen and oxygen atoms in total. The molecule has 0 saturated heterocycles. The fourth-order valence-electron chi connectivity index (χ4n) is 5.65. The van der Waals surface area contributed by atoms with Gasteiger partial charge in [0.2, 0.25) is 0 Å². The van der Waals surface area contributed by atoms with Gasteiger partial charge in [-0.15, -0.1) is 0 Å². The highest BCUT2D eigenvalue weighted by Gasteiger charge is 2.52. The standard InChI is InChI=1S/C33H37N3O5S/c1-24-14-18-26(19-15-24)36-31(38)33(22-7-8-23-33)29(34-36)13-9-10-25-16-20-27(21-17-25)41-32(2,3)30(37)35-42(39,40)28-11-5-4-6-12-28/h4-6,11-12,14-21H,7-10,13,22-23H2,1-3H3,(H,35,37). The highest BCUT2D eigenvalue weighted by molar-refractivity contribution is 7.90. The second kappa shape index (κ2) is 11.7. The van der Waals surface area contributed by atoms with Crippen molar-refractivity contribution in [2.75, 3.05) is 5.01 Å². The average Bonchev–Trinajstić information content (AvgIpc) is 3.56. The highest BCUT2D eigenvalue weighted by Crippen LogP contribution is 2.46.